The molecular formula is C18H12Cl2N2O2S2. The number of amides is 1. The van der Waals surface area contributed by atoms with Gasteiger partial charge in [0.1, 0.15) is 15.6 Å². The Kier molecular flexibility index (Phi) is 4.52. The Labute approximate surface area is 167 Å². The zero-order valence-corrected chi connectivity index (χ0v) is 16.9. The number of nitrogens with one attached hydrogen (secondary N) is 1. The van der Waals surface area contributed by atoms with Crippen molar-refractivity contribution in [2.45, 2.75) is 6.92 Å². The molecule has 2 heterocycles. The van der Waals surface area contributed by atoms with Gasteiger partial charge in [0.05, 0.1) is 32.1 Å². The van der Waals surface area contributed by atoms with Crippen LogP contribution in [0.15, 0.2) is 30.3 Å². The van der Waals surface area contributed by atoms with Gasteiger partial charge in [-0.3, -0.25) is 4.79 Å². The van der Waals surface area contributed by atoms with Crippen LogP contribution in [0.2, 0.25) is 10.0 Å². The third-order valence-electron chi connectivity index (χ3n) is 3.88. The van der Waals surface area contributed by atoms with E-state index < -0.39 is 0 Å². The number of carbonyl (C=O) groups is 1. The molecule has 0 fully saturated rings. The standard InChI is InChI=1S/C18H12Cl2N2O2S2/c1-8-21-11-5-3-9(7-13(11)25-8)22-18(23)17-14(19)10-4-6-12(24-2)15(20)16(10)26-17/h3-7H,1-2H3,(H,22,23). The first-order valence-corrected chi connectivity index (χ1v) is 10.00. The van der Waals surface area contributed by atoms with Gasteiger partial charge in [-0.2, -0.15) is 0 Å². The summed E-state index contributed by atoms with van der Waals surface area (Å²) in [5.41, 5.74) is 1.62. The minimum atomic E-state index is -0.271. The molecule has 0 spiro atoms. The second-order valence-electron chi connectivity index (χ2n) is 5.57. The number of rotatable bonds is 3. The van der Waals surface area contributed by atoms with Gasteiger partial charge < -0.3 is 10.1 Å². The van der Waals surface area contributed by atoms with Gasteiger partial charge in [-0.25, -0.2) is 4.98 Å². The molecule has 0 aliphatic rings. The molecule has 4 nitrogen and oxygen atoms in total. The number of fused-ring (bicyclic) bond motifs is 2. The summed E-state index contributed by atoms with van der Waals surface area (Å²) in [5.74, 6) is 0.280. The van der Waals surface area contributed by atoms with Gasteiger partial charge in [0, 0.05) is 11.1 Å². The van der Waals surface area contributed by atoms with E-state index in [9.17, 15) is 4.79 Å². The van der Waals surface area contributed by atoms with Crippen LogP contribution in [0.4, 0.5) is 5.69 Å². The lowest BCUT2D eigenvalue weighted by Crippen LogP contribution is -2.10. The molecule has 8 heteroatoms. The van der Waals surface area contributed by atoms with Crippen LogP contribution >= 0.6 is 45.9 Å². The van der Waals surface area contributed by atoms with Crippen molar-refractivity contribution in [1.29, 1.82) is 0 Å². The summed E-state index contributed by atoms with van der Waals surface area (Å²) >= 11 is 15.6. The van der Waals surface area contributed by atoms with Crippen LogP contribution in [0.1, 0.15) is 14.7 Å². The molecule has 2 aromatic carbocycles. The maximum Gasteiger partial charge on any atom is 0.267 e. The number of nitrogens with zero attached hydrogens (tertiary/aromatic N) is 1. The molecule has 0 radical (unpaired) electrons. The molecule has 4 aromatic rings. The number of thiazole rings is 1. The Bertz CT molecular complexity index is 1170. The molecule has 0 aliphatic heterocycles. The van der Waals surface area contributed by atoms with Crippen molar-refractivity contribution >= 4 is 77.8 Å². The number of anilines is 1. The van der Waals surface area contributed by atoms with Crippen LogP contribution in [-0.2, 0) is 0 Å². The van der Waals surface area contributed by atoms with E-state index in [-0.39, 0.29) is 5.91 Å². The van der Waals surface area contributed by atoms with E-state index in [0.717, 1.165) is 25.3 Å². The first-order chi connectivity index (χ1) is 12.5. The number of halogens is 2. The van der Waals surface area contributed by atoms with Crippen molar-refractivity contribution in [3.63, 3.8) is 0 Å². The van der Waals surface area contributed by atoms with E-state index in [2.05, 4.69) is 10.3 Å². The number of aryl methyl sites for hydroxylation is 1. The highest BCUT2D eigenvalue weighted by molar-refractivity contribution is 7.22. The van der Waals surface area contributed by atoms with Crippen molar-refractivity contribution in [1.82, 2.24) is 4.98 Å². The van der Waals surface area contributed by atoms with E-state index in [0.29, 0.717) is 26.4 Å². The molecule has 1 N–H and O–H groups in total. The minimum absolute atomic E-state index is 0.271. The van der Waals surface area contributed by atoms with Crippen LogP contribution in [0, 0.1) is 6.92 Å². The molecule has 132 valence electrons. The summed E-state index contributed by atoms with van der Waals surface area (Å²) in [4.78, 5) is 17.6. The van der Waals surface area contributed by atoms with Crippen LogP contribution < -0.4 is 10.1 Å². The zero-order chi connectivity index (χ0) is 18.4. The number of carbonyl (C=O) groups excluding carboxylic acids is 1. The number of hydrogen-bond acceptors (Lipinski definition) is 5. The van der Waals surface area contributed by atoms with Crippen molar-refractivity contribution in [3.05, 3.63) is 50.3 Å². The molecule has 2 aromatic heterocycles. The normalized spacial score (nSPS) is 11.2. The van der Waals surface area contributed by atoms with Gasteiger partial charge in [-0.15, -0.1) is 22.7 Å². The second-order valence-corrected chi connectivity index (χ2v) is 8.58. The Morgan fingerprint density at radius 2 is 1.96 bits per heavy atom. The van der Waals surface area contributed by atoms with E-state index >= 15 is 0 Å². The van der Waals surface area contributed by atoms with Crippen LogP contribution in [0.5, 0.6) is 5.75 Å². The molecule has 0 saturated carbocycles. The predicted molar refractivity (Wildman–Crippen MR) is 111 cm³/mol. The summed E-state index contributed by atoms with van der Waals surface area (Å²) in [6.07, 6.45) is 0. The summed E-state index contributed by atoms with van der Waals surface area (Å²) in [6, 6.07) is 9.18. The SMILES string of the molecule is COc1ccc2c(Cl)c(C(=O)Nc3ccc4nc(C)sc4c3)sc2c1Cl. The highest BCUT2D eigenvalue weighted by atomic mass is 35.5. The van der Waals surface area contributed by atoms with Gasteiger partial charge in [-0.05, 0) is 37.3 Å². The second kappa shape index (κ2) is 6.70. The summed E-state index contributed by atoms with van der Waals surface area (Å²) in [5, 5.41) is 5.47. The summed E-state index contributed by atoms with van der Waals surface area (Å²) in [7, 11) is 1.55. The average Bonchev–Trinajstić information content (AvgIpc) is 3.15. The van der Waals surface area contributed by atoms with Gasteiger partial charge in [0.2, 0.25) is 0 Å². The van der Waals surface area contributed by atoms with Gasteiger partial charge in [0.25, 0.3) is 5.91 Å². The summed E-state index contributed by atoms with van der Waals surface area (Å²) < 4.78 is 6.98. The molecule has 0 saturated heterocycles. The largest absolute Gasteiger partial charge is 0.495 e. The number of hydrogen-bond donors (Lipinski definition) is 1. The number of aromatic nitrogens is 1. The Hall–Kier alpha value is -1.86. The lowest BCUT2D eigenvalue weighted by atomic mass is 10.2. The van der Waals surface area contributed by atoms with Crippen LogP contribution in [-0.4, -0.2) is 18.0 Å². The van der Waals surface area contributed by atoms with Crippen molar-refractivity contribution in [2.75, 3.05) is 12.4 Å². The number of ether oxygens (including phenoxy) is 1. The van der Waals surface area contributed by atoms with Crippen LogP contribution in [0.25, 0.3) is 20.3 Å². The quantitative estimate of drug-likeness (QED) is 0.416. The molecule has 0 aliphatic carbocycles. The molecule has 0 atom stereocenters. The van der Waals surface area contributed by atoms with Gasteiger partial charge in [0.15, 0.2) is 0 Å². The van der Waals surface area contributed by atoms with E-state index in [1.54, 1.807) is 24.5 Å². The van der Waals surface area contributed by atoms with E-state index in [4.69, 9.17) is 27.9 Å². The maximum absolute atomic E-state index is 12.7. The molecule has 1 amide bonds. The number of thiophene rings is 1. The Balaban J connectivity index is 1.70. The molecule has 0 unspecified atom stereocenters. The Morgan fingerprint density at radius 1 is 1.15 bits per heavy atom. The third kappa shape index (κ3) is 2.93. The van der Waals surface area contributed by atoms with E-state index in [1.165, 1.54) is 11.3 Å². The van der Waals surface area contributed by atoms with Gasteiger partial charge in [-0.1, -0.05) is 23.2 Å². The van der Waals surface area contributed by atoms with Crippen molar-refractivity contribution in [2.24, 2.45) is 0 Å². The minimum Gasteiger partial charge on any atom is -0.495 e. The highest BCUT2D eigenvalue weighted by Crippen LogP contribution is 2.43. The number of methoxy groups -OCH3 is 1. The van der Waals surface area contributed by atoms with Gasteiger partial charge >= 0.3 is 0 Å². The fraction of sp³-hybridized carbons (Fsp3) is 0.111. The number of benzene rings is 2. The lowest BCUT2D eigenvalue weighted by molar-refractivity contribution is 0.103. The lowest BCUT2D eigenvalue weighted by Gasteiger charge is -2.03. The highest BCUT2D eigenvalue weighted by Gasteiger charge is 2.20. The van der Waals surface area contributed by atoms with E-state index in [1.807, 2.05) is 31.2 Å². The maximum atomic E-state index is 12.7. The molecular weight excluding hydrogens is 411 g/mol. The fourth-order valence-electron chi connectivity index (χ4n) is 2.69. The Morgan fingerprint density at radius 3 is 2.73 bits per heavy atom. The van der Waals surface area contributed by atoms with Crippen molar-refractivity contribution in [3.8, 4) is 5.75 Å². The summed E-state index contributed by atoms with van der Waals surface area (Å²) in [6.45, 7) is 1.96. The first kappa shape index (κ1) is 17.5. The molecule has 0 bridgehead atoms. The monoisotopic (exact) mass is 422 g/mol. The predicted octanol–water partition coefficient (Wildman–Crippen LogP) is 6.39. The smallest absolute Gasteiger partial charge is 0.267 e. The third-order valence-corrected chi connectivity index (χ3v) is 7.03. The van der Waals surface area contributed by atoms with Crippen LogP contribution in [0.3, 0.4) is 0 Å². The van der Waals surface area contributed by atoms with Crippen molar-refractivity contribution < 1.29 is 9.53 Å². The first-order valence-electron chi connectivity index (χ1n) is 7.61. The zero-order valence-electron chi connectivity index (χ0n) is 13.7. The fourth-order valence-corrected chi connectivity index (χ4v) is 5.35. The average molecular weight is 423 g/mol. The molecule has 4 rings (SSSR count). The molecule has 26 heavy (non-hydrogen) atoms. The topological polar surface area (TPSA) is 51.2 Å².